The van der Waals surface area contributed by atoms with E-state index in [1.54, 1.807) is 11.1 Å². The number of rotatable bonds is 7. The number of nitrogens with zero attached hydrogens (tertiary/aromatic N) is 1. The minimum Gasteiger partial charge on any atom is -0.198 e. The molecule has 1 heteroatoms. The van der Waals surface area contributed by atoms with Crippen molar-refractivity contribution in [2.75, 3.05) is 0 Å². The van der Waals surface area contributed by atoms with E-state index >= 15 is 0 Å². The van der Waals surface area contributed by atoms with Gasteiger partial charge in [0.05, 0.1) is 0 Å². The fourth-order valence-corrected chi connectivity index (χ4v) is 3.73. The minimum atomic E-state index is 0.600. The Bertz CT molecular complexity index is 507. The molecular weight excluding hydrogens is 266 g/mol. The molecule has 0 spiro atoms. The molecule has 0 aliphatic heterocycles. The zero-order valence-corrected chi connectivity index (χ0v) is 15.1. The van der Waals surface area contributed by atoms with Gasteiger partial charge in [0.25, 0.3) is 0 Å². The van der Waals surface area contributed by atoms with Crippen molar-refractivity contribution in [1.82, 2.24) is 0 Å². The van der Waals surface area contributed by atoms with Crippen LogP contribution in [0.4, 0.5) is 0 Å². The first kappa shape index (κ1) is 17.2. The Hall–Kier alpha value is -1.11. The summed E-state index contributed by atoms with van der Waals surface area (Å²) >= 11 is 0. The van der Waals surface area contributed by atoms with Crippen LogP contribution in [0, 0.1) is 5.92 Å². The second kappa shape index (κ2) is 7.94. The van der Waals surface area contributed by atoms with Gasteiger partial charge < -0.3 is 0 Å². The monoisotopic (exact) mass is 300 g/mol. The lowest BCUT2D eigenvalue weighted by atomic mass is 9.90. The van der Waals surface area contributed by atoms with Gasteiger partial charge in [-0.1, -0.05) is 60.0 Å². The number of allylic oxidation sites excluding steroid dienone is 1. The third-order valence-electron chi connectivity index (χ3n) is 5.24. The fraction of sp³-hybridized carbons (Fsp3) is 0.667. The van der Waals surface area contributed by atoms with Gasteiger partial charge in [0.2, 0.25) is 0 Å². The molecule has 1 fully saturated rings. The van der Waals surface area contributed by atoms with Crippen molar-refractivity contribution >= 4 is 0 Å². The van der Waals surface area contributed by atoms with Crippen LogP contribution in [0.5, 0.6) is 0 Å². The van der Waals surface area contributed by atoms with E-state index in [2.05, 4.69) is 51.1 Å². The molecule has 1 heterocycles. The smallest absolute Gasteiger partial charge is 0.181 e. The molecule has 0 N–H and O–H groups in total. The average molecular weight is 301 g/mol. The maximum atomic E-state index is 4.20. The van der Waals surface area contributed by atoms with Crippen molar-refractivity contribution in [3.63, 3.8) is 0 Å². The molecule has 1 aromatic heterocycles. The Morgan fingerprint density at radius 2 is 1.95 bits per heavy atom. The summed E-state index contributed by atoms with van der Waals surface area (Å²) in [5.41, 5.74) is 5.94. The number of aromatic nitrogens is 1. The lowest BCUT2D eigenvalue weighted by Crippen LogP contribution is -2.40. The van der Waals surface area contributed by atoms with E-state index in [4.69, 9.17) is 0 Å². The minimum absolute atomic E-state index is 0.600. The van der Waals surface area contributed by atoms with Crippen LogP contribution in [-0.2, 0) is 19.4 Å². The molecular formula is C21H34N+. The van der Waals surface area contributed by atoms with Crippen LogP contribution >= 0.6 is 0 Å². The van der Waals surface area contributed by atoms with Gasteiger partial charge >= 0.3 is 0 Å². The molecule has 1 saturated carbocycles. The Balaban J connectivity index is 2.33. The summed E-state index contributed by atoms with van der Waals surface area (Å²) in [4.78, 5) is 0. The van der Waals surface area contributed by atoms with Crippen LogP contribution in [0.2, 0.25) is 0 Å². The summed E-state index contributed by atoms with van der Waals surface area (Å²) in [6.45, 7) is 14.3. The third-order valence-corrected chi connectivity index (χ3v) is 5.24. The molecule has 1 aliphatic carbocycles. The normalized spacial score (nSPS) is 15.7. The van der Waals surface area contributed by atoms with Crippen LogP contribution in [0.15, 0.2) is 24.4 Å². The molecule has 1 aromatic rings. The summed E-state index contributed by atoms with van der Waals surface area (Å²) in [6, 6.07) is 2.50. The highest BCUT2D eigenvalue weighted by atomic mass is 15.0. The molecule has 0 aromatic carbocycles. The van der Waals surface area contributed by atoms with Gasteiger partial charge in [0.15, 0.2) is 18.4 Å². The van der Waals surface area contributed by atoms with Crippen molar-refractivity contribution in [3.8, 4) is 0 Å². The molecule has 122 valence electrons. The van der Waals surface area contributed by atoms with Crippen LogP contribution in [-0.4, -0.2) is 0 Å². The highest BCUT2D eigenvalue weighted by Crippen LogP contribution is 2.30. The summed E-state index contributed by atoms with van der Waals surface area (Å²) in [5, 5.41) is 0. The number of pyridine rings is 1. The van der Waals surface area contributed by atoms with E-state index in [1.807, 2.05) is 0 Å². The molecule has 0 saturated heterocycles. The fourth-order valence-electron chi connectivity index (χ4n) is 3.73. The van der Waals surface area contributed by atoms with Gasteiger partial charge in [-0.2, -0.15) is 4.57 Å². The first-order chi connectivity index (χ1) is 10.5. The Morgan fingerprint density at radius 3 is 2.50 bits per heavy atom. The van der Waals surface area contributed by atoms with Crippen LogP contribution in [0.25, 0.3) is 0 Å². The lowest BCUT2D eigenvalue weighted by Gasteiger charge is -2.17. The largest absolute Gasteiger partial charge is 0.198 e. The van der Waals surface area contributed by atoms with Crippen LogP contribution < -0.4 is 4.57 Å². The van der Waals surface area contributed by atoms with E-state index in [0.29, 0.717) is 5.92 Å². The average Bonchev–Trinajstić information content (AvgIpc) is 3.00. The van der Waals surface area contributed by atoms with Gasteiger partial charge in [0.1, 0.15) is 0 Å². The first-order valence-electron chi connectivity index (χ1n) is 9.26. The molecule has 0 bridgehead atoms. The Labute approximate surface area is 137 Å². The first-order valence-corrected chi connectivity index (χ1v) is 9.26. The molecule has 1 nitrogen and oxygen atoms in total. The number of hydrogen-bond acceptors (Lipinski definition) is 0. The number of hydrogen-bond donors (Lipinski definition) is 0. The van der Waals surface area contributed by atoms with Crippen LogP contribution in [0.3, 0.4) is 0 Å². The van der Waals surface area contributed by atoms with Crippen LogP contribution in [0.1, 0.15) is 82.5 Å². The predicted octanol–water partition coefficient (Wildman–Crippen LogP) is 5.36. The molecule has 22 heavy (non-hydrogen) atoms. The van der Waals surface area contributed by atoms with E-state index < -0.39 is 0 Å². The molecule has 0 atom stereocenters. The lowest BCUT2D eigenvalue weighted by molar-refractivity contribution is -0.696. The SMILES string of the molecule is C=C(CC)C[n+]1cc(C(C)C)c(CC2CCCC2)cc1CC. The van der Waals surface area contributed by atoms with Crippen molar-refractivity contribution in [3.05, 3.63) is 41.2 Å². The predicted molar refractivity (Wildman–Crippen MR) is 95.2 cm³/mol. The molecule has 1 aliphatic rings. The summed E-state index contributed by atoms with van der Waals surface area (Å²) in [7, 11) is 0. The second-order valence-corrected chi connectivity index (χ2v) is 7.34. The van der Waals surface area contributed by atoms with Gasteiger partial charge in [-0.3, -0.25) is 0 Å². The molecule has 0 radical (unpaired) electrons. The van der Waals surface area contributed by atoms with Gasteiger partial charge in [0, 0.05) is 18.1 Å². The van der Waals surface area contributed by atoms with E-state index in [-0.39, 0.29) is 0 Å². The zero-order valence-electron chi connectivity index (χ0n) is 15.1. The summed E-state index contributed by atoms with van der Waals surface area (Å²) in [6.07, 6.45) is 11.6. The maximum absolute atomic E-state index is 4.20. The third kappa shape index (κ3) is 4.21. The zero-order chi connectivity index (χ0) is 16.1. The molecule has 2 rings (SSSR count). The quantitative estimate of drug-likeness (QED) is 0.471. The van der Waals surface area contributed by atoms with Gasteiger partial charge in [-0.25, -0.2) is 0 Å². The van der Waals surface area contributed by atoms with Crippen molar-refractivity contribution in [1.29, 1.82) is 0 Å². The highest BCUT2D eigenvalue weighted by Gasteiger charge is 2.22. The van der Waals surface area contributed by atoms with E-state index in [0.717, 1.165) is 25.3 Å². The van der Waals surface area contributed by atoms with Crippen molar-refractivity contribution in [2.24, 2.45) is 5.92 Å². The Kier molecular flexibility index (Phi) is 6.23. The number of aryl methyl sites for hydroxylation is 1. The maximum Gasteiger partial charge on any atom is 0.181 e. The van der Waals surface area contributed by atoms with Crippen molar-refractivity contribution < 1.29 is 4.57 Å². The highest BCUT2D eigenvalue weighted by molar-refractivity contribution is 5.27. The van der Waals surface area contributed by atoms with E-state index in [1.165, 1.54) is 43.4 Å². The Morgan fingerprint density at radius 1 is 1.27 bits per heavy atom. The molecule has 0 unspecified atom stereocenters. The summed E-state index contributed by atoms with van der Waals surface area (Å²) < 4.78 is 2.44. The van der Waals surface area contributed by atoms with E-state index in [9.17, 15) is 0 Å². The molecule has 0 amide bonds. The summed E-state index contributed by atoms with van der Waals surface area (Å²) in [5.74, 6) is 1.52. The topological polar surface area (TPSA) is 3.88 Å². The standard InChI is InChI=1S/C21H34N/c1-6-17(5)14-22-15-21(16(3)4)19(13-20(22)7-2)12-18-10-8-9-11-18/h13,15-16,18H,5-12,14H2,1-4H3/q+1. The van der Waals surface area contributed by atoms with Crippen molar-refractivity contribution in [2.45, 2.75) is 85.1 Å². The van der Waals surface area contributed by atoms with Gasteiger partial charge in [-0.05, 0) is 35.8 Å². The van der Waals surface area contributed by atoms with Gasteiger partial charge in [-0.15, -0.1) is 0 Å². The second-order valence-electron chi connectivity index (χ2n) is 7.34.